The molecule has 1 aromatic heterocycles. The van der Waals surface area contributed by atoms with Crippen molar-refractivity contribution in [1.29, 1.82) is 0 Å². The number of benzene rings is 1. The number of aromatic nitrogens is 2. The molecule has 0 spiro atoms. The highest BCUT2D eigenvalue weighted by Crippen LogP contribution is 2.62. The van der Waals surface area contributed by atoms with Gasteiger partial charge in [-0.3, -0.25) is 0 Å². The fourth-order valence-corrected chi connectivity index (χ4v) is 7.67. The molecule has 0 saturated heterocycles. The number of aliphatic hydroxyl groups excluding tert-OH is 1. The smallest absolute Gasteiger partial charge is 0.125 e. The van der Waals surface area contributed by atoms with Gasteiger partial charge in [-0.15, -0.1) is 0 Å². The molecule has 0 amide bonds. The molecule has 2 fully saturated rings. The number of nitrogens with two attached hydrogens (primary N) is 1. The van der Waals surface area contributed by atoms with Crippen molar-refractivity contribution in [3.63, 3.8) is 0 Å². The van der Waals surface area contributed by atoms with Crippen LogP contribution in [0.25, 0.3) is 5.69 Å². The summed E-state index contributed by atoms with van der Waals surface area (Å²) in [6.45, 7) is 10.0. The second kappa shape index (κ2) is 7.81. The van der Waals surface area contributed by atoms with Crippen LogP contribution in [0.4, 0.5) is 4.39 Å². The second-order valence-corrected chi connectivity index (χ2v) is 11.0. The Morgan fingerprint density at radius 1 is 1.28 bits per heavy atom. The third-order valence-corrected chi connectivity index (χ3v) is 9.68. The van der Waals surface area contributed by atoms with E-state index in [9.17, 15) is 9.50 Å². The van der Waals surface area contributed by atoms with Crippen molar-refractivity contribution in [2.24, 2.45) is 40.2 Å². The molecule has 2 saturated carbocycles. The van der Waals surface area contributed by atoms with Crippen molar-refractivity contribution in [2.75, 3.05) is 13.2 Å². The first kappa shape index (κ1) is 21.8. The van der Waals surface area contributed by atoms with Gasteiger partial charge in [0.25, 0.3) is 0 Å². The zero-order valence-corrected chi connectivity index (χ0v) is 19.4. The van der Waals surface area contributed by atoms with E-state index >= 15 is 0 Å². The molecule has 3 aliphatic rings. The highest BCUT2D eigenvalue weighted by molar-refractivity contribution is 5.37. The zero-order valence-electron chi connectivity index (χ0n) is 19.4. The molecular formula is C27H36FN3O. The highest BCUT2D eigenvalue weighted by Gasteiger charge is 2.56. The van der Waals surface area contributed by atoms with E-state index in [2.05, 4.69) is 25.5 Å². The van der Waals surface area contributed by atoms with Crippen LogP contribution in [-0.2, 0) is 12.8 Å². The Balaban J connectivity index is 1.50. The fourth-order valence-electron chi connectivity index (χ4n) is 7.67. The number of allylic oxidation sites excluding steroid dienone is 1. The van der Waals surface area contributed by atoms with Crippen molar-refractivity contribution in [1.82, 2.24) is 9.78 Å². The average molecular weight is 438 g/mol. The Bertz CT molecular complexity index is 1030. The maximum Gasteiger partial charge on any atom is 0.125 e. The standard InChI is InChI=1S/C27H36FN3O/c1-17-7-8-23-22(14-29)24(9-10-26(17,23)2)27(3)13-18-15-30-31(25(18)11-19(27)16-32)21-6-4-5-20(28)12-21/h4-6,12,15,19,22-24,32H,1,7-11,13-14,16,29H2,2-3H3/t19-,22+,23+,24+,26-,27+/m1/s1. The van der Waals surface area contributed by atoms with Crippen molar-refractivity contribution in [3.05, 3.63) is 59.7 Å². The molecule has 3 aliphatic carbocycles. The van der Waals surface area contributed by atoms with Crippen LogP contribution in [0, 0.1) is 40.3 Å². The number of nitrogens with zero attached hydrogens (tertiary/aromatic N) is 2. The van der Waals surface area contributed by atoms with Gasteiger partial charge in [-0.1, -0.05) is 32.1 Å². The molecule has 1 aromatic carbocycles. The van der Waals surface area contributed by atoms with Gasteiger partial charge in [0.2, 0.25) is 0 Å². The molecule has 3 N–H and O–H groups in total. The molecule has 5 heteroatoms. The first-order chi connectivity index (χ1) is 15.3. The van der Waals surface area contributed by atoms with Crippen LogP contribution in [0.2, 0.25) is 0 Å². The Morgan fingerprint density at radius 2 is 2.09 bits per heavy atom. The van der Waals surface area contributed by atoms with Gasteiger partial charge >= 0.3 is 0 Å². The maximum atomic E-state index is 13.8. The summed E-state index contributed by atoms with van der Waals surface area (Å²) in [6.07, 6.45) is 8.20. The number of halogens is 1. The molecule has 0 aliphatic heterocycles. The van der Waals surface area contributed by atoms with Crippen LogP contribution in [0.3, 0.4) is 0 Å². The fraction of sp³-hybridized carbons (Fsp3) is 0.593. The van der Waals surface area contributed by atoms with Gasteiger partial charge in [0.1, 0.15) is 5.82 Å². The lowest BCUT2D eigenvalue weighted by molar-refractivity contribution is -0.0537. The molecule has 1 heterocycles. The zero-order chi connectivity index (χ0) is 22.7. The molecule has 4 nitrogen and oxygen atoms in total. The van der Waals surface area contributed by atoms with Crippen LogP contribution < -0.4 is 5.73 Å². The summed E-state index contributed by atoms with van der Waals surface area (Å²) >= 11 is 0. The lowest BCUT2D eigenvalue weighted by Crippen LogP contribution is -2.53. The van der Waals surface area contributed by atoms with E-state index in [4.69, 9.17) is 5.73 Å². The molecule has 32 heavy (non-hydrogen) atoms. The molecule has 0 radical (unpaired) electrons. The topological polar surface area (TPSA) is 64.1 Å². The van der Waals surface area contributed by atoms with Crippen LogP contribution >= 0.6 is 0 Å². The summed E-state index contributed by atoms with van der Waals surface area (Å²) in [5.74, 6) is 1.38. The predicted octanol–water partition coefficient (Wildman–Crippen LogP) is 4.68. The van der Waals surface area contributed by atoms with Crippen LogP contribution in [0.15, 0.2) is 42.6 Å². The van der Waals surface area contributed by atoms with E-state index in [1.807, 2.05) is 16.9 Å². The molecule has 2 aromatic rings. The van der Waals surface area contributed by atoms with Crippen molar-refractivity contribution < 1.29 is 9.50 Å². The molecule has 5 rings (SSSR count). The Kier molecular flexibility index (Phi) is 5.33. The van der Waals surface area contributed by atoms with Gasteiger partial charge in [0, 0.05) is 12.3 Å². The van der Waals surface area contributed by atoms with Gasteiger partial charge in [-0.2, -0.15) is 5.10 Å². The van der Waals surface area contributed by atoms with E-state index in [0.29, 0.717) is 24.3 Å². The Morgan fingerprint density at radius 3 is 2.81 bits per heavy atom. The van der Waals surface area contributed by atoms with Crippen molar-refractivity contribution >= 4 is 0 Å². The quantitative estimate of drug-likeness (QED) is 0.683. The van der Waals surface area contributed by atoms with Gasteiger partial charge in [-0.05, 0) is 103 Å². The minimum Gasteiger partial charge on any atom is -0.396 e. The number of rotatable bonds is 4. The number of hydrogen-bond acceptors (Lipinski definition) is 3. The molecule has 172 valence electrons. The monoisotopic (exact) mass is 437 g/mol. The first-order valence-electron chi connectivity index (χ1n) is 12.1. The van der Waals surface area contributed by atoms with E-state index in [-0.39, 0.29) is 29.2 Å². The van der Waals surface area contributed by atoms with E-state index in [0.717, 1.165) is 37.1 Å². The first-order valence-corrected chi connectivity index (χ1v) is 12.1. The van der Waals surface area contributed by atoms with Crippen LogP contribution in [-0.4, -0.2) is 28.0 Å². The van der Waals surface area contributed by atoms with E-state index in [1.54, 1.807) is 6.07 Å². The van der Waals surface area contributed by atoms with E-state index < -0.39 is 0 Å². The number of aliphatic hydroxyl groups is 1. The number of fused-ring (bicyclic) bond motifs is 2. The molecule has 0 unspecified atom stereocenters. The average Bonchev–Trinajstić information content (AvgIpc) is 3.32. The number of hydrogen-bond donors (Lipinski definition) is 2. The SMILES string of the molecule is C=C1CC[C@H]2[C@H](CN)[C@@H]([C@@]3(C)Cc4cnn(-c5cccc(F)c5)c4C[C@@H]3CO)CC[C@]12C. The normalized spacial score (nSPS) is 36.7. The lowest BCUT2D eigenvalue weighted by atomic mass is 9.49. The summed E-state index contributed by atoms with van der Waals surface area (Å²) in [5.41, 5.74) is 11.1. The highest BCUT2D eigenvalue weighted by atomic mass is 19.1. The molecular weight excluding hydrogens is 401 g/mol. The Labute approximate surface area is 190 Å². The summed E-state index contributed by atoms with van der Waals surface area (Å²) in [4.78, 5) is 0. The van der Waals surface area contributed by atoms with Crippen molar-refractivity contribution in [2.45, 2.75) is 52.4 Å². The molecule has 0 bridgehead atoms. The third kappa shape index (κ3) is 3.12. The predicted molar refractivity (Wildman–Crippen MR) is 125 cm³/mol. The summed E-state index contributed by atoms with van der Waals surface area (Å²) in [6, 6.07) is 6.58. The Hall–Kier alpha value is -1.98. The third-order valence-electron chi connectivity index (χ3n) is 9.68. The second-order valence-electron chi connectivity index (χ2n) is 11.0. The minimum absolute atomic E-state index is 0.0349. The summed E-state index contributed by atoms with van der Waals surface area (Å²) in [7, 11) is 0. The summed E-state index contributed by atoms with van der Waals surface area (Å²) < 4.78 is 15.7. The van der Waals surface area contributed by atoms with E-state index in [1.165, 1.54) is 36.1 Å². The lowest BCUT2D eigenvalue weighted by Gasteiger charge is -2.55. The van der Waals surface area contributed by atoms with Crippen molar-refractivity contribution in [3.8, 4) is 5.69 Å². The molecule has 6 atom stereocenters. The van der Waals surface area contributed by atoms with Gasteiger partial charge in [0.05, 0.1) is 11.9 Å². The van der Waals surface area contributed by atoms with Crippen LogP contribution in [0.5, 0.6) is 0 Å². The maximum absolute atomic E-state index is 13.8. The van der Waals surface area contributed by atoms with Gasteiger partial charge in [0.15, 0.2) is 0 Å². The van der Waals surface area contributed by atoms with Gasteiger partial charge in [-0.25, -0.2) is 9.07 Å². The largest absolute Gasteiger partial charge is 0.396 e. The van der Waals surface area contributed by atoms with Crippen LogP contribution in [0.1, 0.15) is 50.8 Å². The van der Waals surface area contributed by atoms with Gasteiger partial charge < -0.3 is 10.8 Å². The summed E-state index contributed by atoms with van der Waals surface area (Å²) in [5, 5.41) is 15.2. The minimum atomic E-state index is -0.264.